The summed E-state index contributed by atoms with van der Waals surface area (Å²) in [5.74, 6) is 0. The highest BCUT2D eigenvalue weighted by atomic mass is 79.9. The fraction of sp³-hybridized carbons (Fsp3) is 0.294. The van der Waals surface area contributed by atoms with Crippen LogP contribution in [-0.4, -0.2) is 6.54 Å². The van der Waals surface area contributed by atoms with Crippen molar-refractivity contribution in [1.82, 2.24) is 5.32 Å². The Hall–Kier alpha value is -0.830. The summed E-state index contributed by atoms with van der Waals surface area (Å²) in [6.45, 7) is 5.19. The molecule has 0 amide bonds. The van der Waals surface area contributed by atoms with Crippen LogP contribution in [0.15, 0.2) is 46.9 Å². The van der Waals surface area contributed by atoms with E-state index in [2.05, 4.69) is 65.4 Å². The normalized spacial score (nSPS) is 12.4. The Kier molecular flexibility index (Phi) is 5.64. The summed E-state index contributed by atoms with van der Waals surface area (Å²) in [6, 6.07) is 15.0. The van der Waals surface area contributed by atoms with Crippen LogP contribution < -0.4 is 5.32 Å². The van der Waals surface area contributed by atoms with Gasteiger partial charge in [0.15, 0.2) is 0 Å². The Balaban J connectivity index is 2.21. The maximum atomic E-state index is 5.94. The van der Waals surface area contributed by atoms with Crippen LogP contribution in [0, 0.1) is 6.92 Å². The number of halogens is 2. The molecule has 1 atom stereocenters. The Morgan fingerprint density at radius 1 is 1.15 bits per heavy atom. The molecule has 0 aliphatic rings. The van der Waals surface area contributed by atoms with Crippen LogP contribution in [0.1, 0.15) is 29.7 Å². The Morgan fingerprint density at radius 2 is 1.85 bits per heavy atom. The zero-order valence-electron chi connectivity index (χ0n) is 11.8. The van der Waals surface area contributed by atoms with E-state index < -0.39 is 0 Å². The molecule has 0 heterocycles. The first-order valence-electron chi connectivity index (χ1n) is 6.84. The zero-order chi connectivity index (χ0) is 14.5. The SMILES string of the molecule is CCNC(Cc1ccc(Cl)cc1)c1ccc(C)c(Br)c1. The highest BCUT2D eigenvalue weighted by molar-refractivity contribution is 9.10. The third-order valence-electron chi connectivity index (χ3n) is 3.40. The van der Waals surface area contributed by atoms with Crippen LogP contribution in [0.5, 0.6) is 0 Å². The third-order valence-corrected chi connectivity index (χ3v) is 4.51. The van der Waals surface area contributed by atoms with E-state index in [-0.39, 0.29) is 0 Å². The van der Waals surface area contributed by atoms with Gasteiger partial charge in [0.25, 0.3) is 0 Å². The molecule has 0 aromatic heterocycles. The van der Waals surface area contributed by atoms with Crippen molar-refractivity contribution in [3.63, 3.8) is 0 Å². The average molecular weight is 353 g/mol. The molecular weight excluding hydrogens is 334 g/mol. The molecule has 0 aliphatic carbocycles. The molecule has 0 spiro atoms. The number of hydrogen-bond donors (Lipinski definition) is 1. The number of aryl methyl sites for hydroxylation is 1. The van der Waals surface area contributed by atoms with Gasteiger partial charge in [-0.05, 0) is 54.8 Å². The van der Waals surface area contributed by atoms with Crippen molar-refractivity contribution in [3.05, 3.63) is 68.7 Å². The molecule has 1 N–H and O–H groups in total. The highest BCUT2D eigenvalue weighted by Crippen LogP contribution is 2.24. The molecule has 0 saturated heterocycles. The lowest BCUT2D eigenvalue weighted by molar-refractivity contribution is 0.549. The topological polar surface area (TPSA) is 12.0 Å². The highest BCUT2D eigenvalue weighted by Gasteiger charge is 2.12. The lowest BCUT2D eigenvalue weighted by Gasteiger charge is -2.19. The summed E-state index contributed by atoms with van der Waals surface area (Å²) in [7, 11) is 0. The molecule has 0 saturated carbocycles. The summed E-state index contributed by atoms with van der Waals surface area (Å²) in [5, 5.41) is 4.34. The molecule has 3 heteroatoms. The minimum Gasteiger partial charge on any atom is -0.310 e. The zero-order valence-corrected chi connectivity index (χ0v) is 14.1. The van der Waals surface area contributed by atoms with Crippen LogP contribution in [-0.2, 0) is 6.42 Å². The molecule has 0 fully saturated rings. The molecule has 106 valence electrons. The number of rotatable bonds is 5. The monoisotopic (exact) mass is 351 g/mol. The van der Waals surface area contributed by atoms with E-state index in [1.165, 1.54) is 16.7 Å². The second-order valence-corrected chi connectivity index (χ2v) is 6.24. The number of hydrogen-bond acceptors (Lipinski definition) is 1. The maximum Gasteiger partial charge on any atom is 0.0406 e. The van der Waals surface area contributed by atoms with E-state index in [0.29, 0.717) is 6.04 Å². The Morgan fingerprint density at radius 3 is 2.45 bits per heavy atom. The minimum atomic E-state index is 0.318. The van der Waals surface area contributed by atoms with Gasteiger partial charge in [0.2, 0.25) is 0 Å². The van der Waals surface area contributed by atoms with E-state index >= 15 is 0 Å². The third kappa shape index (κ3) is 4.08. The maximum absolute atomic E-state index is 5.94. The van der Waals surface area contributed by atoms with Crippen LogP contribution >= 0.6 is 27.5 Å². The summed E-state index contributed by atoms with van der Waals surface area (Å²) < 4.78 is 1.16. The largest absolute Gasteiger partial charge is 0.310 e. The van der Waals surface area contributed by atoms with Crippen LogP contribution in [0.4, 0.5) is 0 Å². The summed E-state index contributed by atoms with van der Waals surface area (Å²) >= 11 is 9.56. The fourth-order valence-electron chi connectivity index (χ4n) is 2.24. The van der Waals surface area contributed by atoms with Gasteiger partial charge in [-0.2, -0.15) is 0 Å². The van der Waals surface area contributed by atoms with Crippen LogP contribution in [0.25, 0.3) is 0 Å². The first kappa shape index (κ1) is 15.6. The predicted octanol–water partition coefficient (Wildman–Crippen LogP) is 5.30. The number of likely N-dealkylation sites (N-methyl/N-ethyl adjacent to an activating group) is 1. The molecule has 1 unspecified atom stereocenters. The molecular formula is C17H19BrClN. The minimum absolute atomic E-state index is 0.318. The van der Waals surface area contributed by atoms with Gasteiger partial charge >= 0.3 is 0 Å². The fourth-order valence-corrected chi connectivity index (χ4v) is 2.76. The molecule has 20 heavy (non-hydrogen) atoms. The van der Waals surface area contributed by atoms with Crippen molar-refractivity contribution >= 4 is 27.5 Å². The van der Waals surface area contributed by atoms with Gasteiger partial charge in [-0.1, -0.05) is 58.7 Å². The van der Waals surface area contributed by atoms with Crippen LogP contribution in [0.3, 0.4) is 0 Å². The molecule has 0 bridgehead atoms. The Labute approximate surface area is 134 Å². The van der Waals surface area contributed by atoms with E-state index in [4.69, 9.17) is 11.6 Å². The van der Waals surface area contributed by atoms with Gasteiger partial charge in [-0.25, -0.2) is 0 Å². The predicted molar refractivity (Wildman–Crippen MR) is 90.5 cm³/mol. The first-order valence-corrected chi connectivity index (χ1v) is 8.01. The average Bonchev–Trinajstić information content (AvgIpc) is 2.44. The number of nitrogens with one attached hydrogen (secondary N) is 1. The van der Waals surface area contributed by atoms with Gasteiger partial charge in [-0.3, -0.25) is 0 Å². The molecule has 0 radical (unpaired) electrons. The van der Waals surface area contributed by atoms with Crippen molar-refractivity contribution in [1.29, 1.82) is 0 Å². The van der Waals surface area contributed by atoms with Crippen LogP contribution in [0.2, 0.25) is 5.02 Å². The van der Waals surface area contributed by atoms with Gasteiger partial charge in [-0.15, -0.1) is 0 Å². The Bertz CT molecular complexity index is 566. The van der Waals surface area contributed by atoms with Gasteiger partial charge in [0.1, 0.15) is 0 Å². The quantitative estimate of drug-likeness (QED) is 0.769. The second kappa shape index (κ2) is 7.26. The van der Waals surface area contributed by atoms with Crippen molar-refractivity contribution in [3.8, 4) is 0 Å². The molecule has 1 nitrogen and oxygen atoms in total. The van der Waals surface area contributed by atoms with Gasteiger partial charge < -0.3 is 5.32 Å². The summed E-state index contributed by atoms with van der Waals surface area (Å²) in [5.41, 5.74) is 3.85. The molecule has 2 rings (SSSR count). The van der Waals surface area contributed by atoms with Crippen molar-refractivity contribution in [2.24, 2.45) is 0 Å². The van der Waals surface area contributed by atoms with Gasteiger partial charge in [0.05, 0.1) is 0 Å². The lowest BCUT2D eigenvalue weighted by Crippen LogP contribution is -2.23. The summed E-state index contributed by atoms with van der Waals surface area (Å²) in [6.07, 6.45) is 0.959. The van der Waals surface area contributed by atoms with Gasteiger partial charge in [0, 0.05) is 15.5 Å². The number of benzene rings is 2. The summed E-state index contributed by atoms with van der Waals surface area (Å²) in [4.78, 5) is 0. The van der Waals surface area contributed by atoms with E-state index in [1.54, 1.807) is 0 Å². The van der Waals surface area contributed by atoms with Crippen molar-refractivity contribution < 1.29 is 0 Å². The molecule has 2 aromatic rings. The molecule has 2 aromatic carbocycles. The standard InChI is InChI=1S/C17H19BrClN/c1-3-20-17(10-13-5-8-15(19)9-6-13)14-7-4-12(2)16(18)11-14/h4-9,11,17,20H,3,10H2,1-2H3. The second-order valence-electron chi connectivity index (χ2n) is 4.95. The molecule has 0 aliphatic heterocycles. The van der Waals surface area contributed by atoms with E-state index in [9.17, 15) is 0 Å². The smallest absolute Gasteiger partial charge is 0.0406 e. The van der Waals surface area contributed by atoms with Crippen molar-refractivity contribution in [2.75, 3.05) is 6.54 Å². The lowest BCUT2D eigenvalue weighted by atomic mass is 9.98. The van der Waals surface area contributed by atoms with E-state index in [1.807, 2.05) is 12.1 Å². The first-order chi connectivity index (χ1) is 9.60. The van der Waals surface area contributed by atoms with Crippen molar-refractivity contribution in [2.45, 2.75) is 26.3 Å². The van der Waals surface area contributed by atoms with E-state index in [0.717, 1.165) is 22.5 Å².